The second-order valence-corrected chi connectivity index (χ2v) is 17.7. The number of hydrogen-bond donors (Lipinski definition) is 0. The van der Waals surface area contributed by atoms with E-state index in [0.29, 0.717) is 0 Å². The van der Waals surface area contributed by atoms with Crippen molar-refractivity contribution in [2.75, 3.05) is 0 Å². The molecule has 0 unspecified atom stereocenters. The van der Waals surface area contributed by atoms with Crippen LogP contribution in [0.5, 0.6) is 0 Å². The molecule has 0 saturated heterocycles. The Balaban J connectivity index is 0.000000423. The van der Waals surface area contributed by atoms with Gasteiger partial charge in [-0.3, -0.25) is 0 Å². The van der Waals surface area contributed by atoms with Gasteiger partial charge in [0.1, 0.15) is 0 Å². The summed E-state index contributed by atoms with van der Waals surface area (Å²) in [4.78, 5) is 0. The quantitative estimate of drug-likeness (QED) is 0.122. The van der Waals surface area contributed by atoms with Crippen molar-refractivity contribution < 1.29 is 0 Å². The van der Waals surface area contributed by atoms with Crippen LogP contribution in [0.2, 0.25) is 0 Å². The van der Waals surface area contributed by atoms with Crippen molar-refractivity contribution in [3.05, 3.63) is 219 Å². The summed E-state index contributed by atoms with van der Waals surface area (Å²) in [5, 5.41) is 24.0. The number of rotatable bonds is 4. The van der Waals surface area contributed by atoms with Crippen molar-refractivity contribution in [3.8, 4) is 22.3 Å². The summed E-state index contributed by atoms with van der Waals surface area (Å²) >= 11 is 0. The van der Waals surface area contributed by atoms with Gasteiger partial charge in [-0.2, -0.15) is 0 Å². The SMILES string of the molecule is C=C/C=C\C.C=CC=C.CC.CC.CC(C)(C)c1cc2c3cc(-c4cccc5ccccc45)ccc3c3cc4c(cc5c6ccc(-c7cccc8ccccc78)cc6c6cccc4c65)c(c1)c23. The van der Waals surface area contributed by atoms with E-state index in [-0.39, 0.29) is 5.41 Å². The van der Waals surface area contributed by atoms with Gasteiger partial charge in [0, 0.05) is 0 Å². The molecule has 0 radical (unpaired) electrons. The molecule has 0 nitrogen and oxygen atoms in total. The van der Waals surface area contributed by atoms with Gasteiger partial charge in [-0.25, -0.2) is 0 Å². The van der Waals surface area contributed by atoms with Crippen LogP contribution >= 0.6 is 0 Å². The average molecular weight is 867 g/mol. The van der Waals surface area contributed by atoms with E-state index >= 15 is 0 Å². The lowest BCUT2D eigenvalue weighted by Gasteiger charge is -2.21. The fourth-order valence-electron chi connectivity index (χ4n) is 9.97. The van der Waals surface area contributed by atoms with Gasteiger partial charge >= 0.3 is 0 Å². The van der Waals surface area contributed by atoms with Crippen LogP contribution in [0.15, 0.2) is 214 Å². The van der Waals surface area contributed by atoms with Crippen LogP contribution in [-0.2, 0) is 5.41 Å². The maximum atomic E-state index is 3.46. The Bertz CT molecular complexity index is 3750. The molecule has 330 valence electrons. The molecule has 0 fully saturated rings. The van der Waals surface area contributed by atoms with Crippen molar-refractivity contribution in [1.82, 2.24) is 0 Å². The minimum absolute atomic E-state index is 0.00553. The van der Waals surface area contributed by atoms with Crippen molar-refractivity contribution in [1.29, 1.82) is 0 Å². The summed E-state index contributed by atoms with van der Waals surface area (Å²) in [5.41, 5.74) is 6.47. The monoisotopic (exact) mass is 866 g/mol. The maximum absolute atomic E-state index is 3.46. The minimum atomic E-state index is -0.00553. The predicted molar refractivity (Wildman–Crippen MR) is 304 cm³/mol. The van der Waals surface area contributed by atoms with Crippen LogP contribution < -0.4 is 0 Å². The molecule has 12 rings (SSSR count). The lowest BCUT2D eigenvalue weighted by atomic mass is 9.83. The highest BCUT2D eigenvalue weighted by Crippen LogP contribution is 2.49. The van der Waals surface area contributed by atoms with E-state index in [2.05, 4.69) is 204 Å². The molecule has 0 aliphatic heterocycles. The number of fused-ring (bicyclic) bond motifs is 11. The van der Waals surface area contributed by atoms with Crippen LogP contribution in [-0.4, -0.2) is 0 Å². The van der Waals surface area contributed by atoms with E-state index in [4.69, 9.17) is 0 Å². The predicted octanol–water partition coefficient (Wildman–Crippen LogP) is 20.7. The Morgan fingerprint density at radius 2 is 0.716 bits per heavy atom. The van der Waals surface area contributed by atoms with E-state index in [1.807, 2.05) is 46.8 Å². The molecule has 0 aliphatic rings. The summed E-state index contributed by atoms with van der Waals surface area (Å²) in [6.45, 7) is 27.2. The third-order valence-electron chi connectivity index (χ3n) is 13.0. The molecule has 0 atom stereocenters. The maximum Gasteiger partial charge on any atom is -0.00197 e. The van der Waals surface area contributed by atoms with Crippen molar-refractivity contribution in [2.24, 2.45) is 0 Å². The summed E-state index contributed by atoms with van der Waals surface area (Å²) in [6, 6.07) is 62.1. The normalized spacial score (nSPS) is 11.4. The van der Waals surface area contributed by atoms with E-state index in [1.54, 1.807) is 18.2 Å². The zero-order chi connectivity index (χ0) is 47.4. The first-order valence-electron chi connectivity index (χ1n) is 24.0. The first-order valence-corrected chi connectivity index (χ1v) is 24.0. The first-order chi connectivity index (χ1) is 32.7. The molecule has 0 heterocycles. The fraction of sp³-hybridized carbons (Fsp3) is 0.134. The molecule has 0 N–H and O–H groups in total. The fourth-order valence-corrected chi connectivity index (χ4v) is 9.97. The van der Waals surface area contributed by atoms with Gasteiger partial charge in [0.15, 0.2) is 0 Å². The molecule has 0 amide bonds. The zero-order valence-electron chi connectivity index (χ0n) is 40.6. The largest absolute Gasteiger partial charge is 0.0991 e. The Hall–Kier alpha value is -7.54. The van der Waals surface area contributed by atoms with Gasteiger partial charge in [-0.15, -0.1) is 0 Å². The minimum Gasteiger partial charge on any atom is -0.0991 e. The van der Waals surface area contributed by atoms with Crippen LogP contribution in [0.25, 0.3) is 119 Å². The van der Waals surface area contributed by atoms with Gasteiger partial charge < -0.3 is 0 Å². The Kier molecular flexibility index (Phi) is 13.4. The lowest BCUT2D eigenvalue weighted by Crippen LogP contribution is -2.10. The molecule has 67 heavy (non-hydrogen) atoms. The van der Waals surface area contributed by atoms with Crippen molar-refractivity contribution >= 4 is 97.0 Å². The highest BCUT2D eigenvalue weighted by atomic mass is 14.3. The molecule has 0 spiro atoms. The van der Waals surface area contributed by atoms with Crippen LogP contribution in [0.4, 0.5) is 0 Å². The third-order valence-corrected chi connectivity index (χ3v) is 13.0. The van der Waals surface area contributed by atoms with Crippen LogP contribution in [0.3, 0.4) is 0 Å². The van der Waals surface area contributed by atoms with Gasteiger partial charge in [0.2, 0.25) is 0 Å². The molecule has 12 aromatic rings. The van der Waals surface area contributed by atoms with Gasteiger partial charge in [0.05, 0.1) is 0 Å². The third kappa shape index (κ3) is 8.12. The summed E-state index contributed by atoms with van der Waals surface area (Å²) in [5.74, 6) is 0. The second kappa shape index (κ2) is 19.5. The Labute approximate surface area is 397 Å². The summed E-state index contributed by atoms with van der Waals surface area (Å²) in [7, 11) is 0. The zero-order valence-corrected chi connectivity index (χ0v) is 40.6. The highest BCUT2D eigenvalue weighted by molar-refractivity contribution is 6.41. The molecule has 0 aromatic heterocycles. The average Bonchev–Trinajstić information content (AvgIpc) is 3.87. The molecular formula is C67H62. The summed E-state index contributed by atoms with van der Waals surface area (Å²) in [6.07, 6.45) is 8.85. The molecular weight excluding hydrogens is 805 g/mol. The van der Waals surface area contributed by atoms with Gasteiger partial charge in [-0.05, 0) is 174 Å². The van der Waals surface area contributed by atoms with Crippen molar-refractivity contribution in [3.63, 3.8) is 0 Å². The Morgan fingerprint density at radius 3 is 1.15 bits per heavy atom. The Morgan fingerprint density at radius 1 is 0.343 bits per heavy atom. The van der Waals surface area contributed by atoms with Crippen molar-refractivity contribution in [2.45, 2.75) is 60.8 Å². The molecule has 12 aromatic carbocycles. The van der Waals surface area contributed by atoms with Gasteiger partial charge in [-0.1, -0.05) is 226 Å². The van der Waals surface area contributed by atoms with E-state index < -0.39 is 0 Å². The topological polar surface area (TPSA) is 0 Å². The molecule has 0 aliphatic carbocycles. The molecule has 0 bridgehead atoms. The van der Waals surface area contributed by atoms with Gasteiger partial charge in [0.25, 0.3) is 0 Å². The van der Waals surface area contributed by atoms with E-state index in [9.17, 15) is 0 Å². The van der Waals surface area contributed by atoms with Crippen LogP contribution in [0, 0.1) is 0 Å². The van der Waals surface area contributed by atoms with E-state index in [0.717, 1.165) is 0 Å². The standard InChI is InChI=1S/C54H36.C5H8.C4H6.2C2H6/c1-54(2,3)35-27-48-45-26-34(39-18-9-14-32-12-5-7-16-37(32)39)22-24-41(45)51-29-46-43-20-10-19-42-44-25-33(38-17-8-13-31-11-4-6-15-36(31)38)21-23-40(44)50(52(42)43)30-47(46)49(28-35)53(48)51;1-3-5-4-2;1-3-4-2;2*1-2/h4-30H,1-3H3;3-5H,1H2,2H3;3-4H,1-2H2;2*1-2H3/b;5-4-;;;. The number of allylic oxidation sites excluding steroid dienone is 5. The van der Waals surface area contributed by atoms with E-state index in [1.165, 1.54) is 125 Å². The highest BCUT2D eigenvalue weighted by Gasteiger charge is 2.23. The smallest absolute Gasteiger partial charge is 0.00197 e. The van der Waals surface area contributed by atoms with Crippen LogP contribution in [0.1, 0.15) is 61.0 Å². The first kappa shape index (κ1) is 46.0. The lowest BCUT2D eigenvalue weighted by molar-refractivity contribution is 0.592. The molecule has 0 saturated carbocycles. The second-order valence-electron chi connectivity index (χ2n) is 17.7. The number of hydrogen-bond acceptors (Lipinski definition) is 0. The molecule has 0 heteroatoms. The summed E-state index contributed by atoms with van der Waals surface area (Å²) < 4.78 is 0. The number of benzene rings is 10.